The number of hydrogen-bond donors (Lipinski definition) is 2. The Labute approximate surface area is 150 Å². The van der Waals surface area contributed by atoms with Gasteiger partial charge in [-0.25, -0.2) is 5.43 Å². The summed E-state index contributed by atoms with van der Waals surface area (Å²) in [6, 6.07) is 11.6. The third-order valence-corrected chi connectivity index (χ3v) is 3.34. The molecule has 2 rings (SSSR count). The van der Waals surface area contributed by atoms with Gasteiger partial charge in [0.15, 0.2) is 0 Å². The molecule has 0 saturated heterocycles. The summed E-state index contributed by atoms with van der Waals surface area (Å²) in [6.07, 6.45) is 1.47. The number of nitrogens with one attached hydrogen (secondary N) is 2. The molecule has 0 unspecified atom stereocenters. The molecule has 6 nitrogen and oxygen atoms in total. The maximum atomic E-state index is 12.1. The number of carbonyl (C=O) groups excluding carboxylic acids is 2. The van der Waals surface area contributed by atoms with Gasteiger partial charge in [0.05, 0.1) is 12.8 Å². The van der Waals surface area contributed by atoms with Gasteiger partial charge >= 0.3 is 0 Å². The quantitative estimate of drug-likeness (QED) is 0.612. The minimum Gasteiger partial charge on any atom is -0.493 e. The molecule has 130 valence electrons. The van der Waals surface area contributed by atoms with Crippen LogP contribution in [-0.2, 0) is 4.79 Å². The average Bonchev–Trinajstić information content (AvgIpc) is 2.57. The van der Waals surface area contributed by atoms with Crippen molar-refractivity contribution in [1.82, 2.24) is 5.43 Å². The first-order chi connectivity index (χ1) is 12.0. The molecule has 0 aromatic heterocycles. The zero-order chi connectivity index (χ0) is 18.2. The van der Waals surface area contributed by atoms with Gasteiger partial charge in [-0.2, -0.15) is 5.10 Å². The normalized spacial score (nSPS) is 10.5. The summed E-state index contributed by atoms with van der Waals surface area (Å²) in [5, 5.41) is 7.12. The molecular weight excluding hydrogens is 342 g/mol. The molecule has 0 atom stereocenters. The molecule has 0 aliphatic carbocycles. The number of benzene rings is 2. The van der Waals surface area contributed by atoms with Gasteiger partial charge in [-0.3, -0.25) is 9.59 Å². The third-order valence-electron chi connectivity index (χ3n) is 3.11. The van der Waals surface area contributed by atoms with E-state index in [9.17, 15) is 9.59 Å². The van der Waals surface area contributed by atoms with Crippen molar-refractivity contribution in [2.45, 2.75) is 13.8 Å². The second kappa shape index (κ2) is 8.84. The Bertz CT molecular complexity index is 789. The van der Waals surface area contributed by atoms with Crippen LogP contribution in [0.1, 0.15) is 29.8 Å². The summed E-state index contributed by atoms with van der Waals surface area (Å²) in [7, 11) is 0. The fraction of sp³-hybridized carbons (Fsp3) is 0.167. The van der Waals surface area contributed by atoms with Crippen LogP contribution in [-0.4, -0.2) is 24.6 Å². The summed E-state index contributed by atoms with van der Waals surface area (Å²) in [5.41, 5.74) is 4.14. The molecule has 0 aliphatic rings. The van der Waals surface area contributed by atoms with Crippen molar-refractivity contribution in [2.24, 2.45) is 5.10 Å². The Balaban J connectivity index is 2.03. The van der Waals surface area contributed by atoms with Gasteiger partial charge in [0, 0.05) is 28.8 Å². The molecule has 2 aromatic carbocycles. The number of carbonyl (C=O) groups is 2. The minimum absolute atomic E-state index is 0.173. The first-order valence-electron chi connectivity index (χ1n) is 7.63. The number of hydrogen-bond acceptors (Lipinski definition) is 4. The zero-order valence-electron chi connectivity index (χ0n) is 13.9. The van der Waals surface area contributed by atoms with Gasteiger partial charge in [0.1, 0.15) is 5.75 Å². The predicted octanol–water partition coefficient (Wildman–Crippen LogP) is 3.46. The molecule has 7 heteroatoms. The number of amides is 2. The number of hydrazone groups is 1. The molecular formula is C18H18ClN3O3. The first-order valence-corrected chi connectivity index (χ1v) is 8.00. The number of ether oxygens (including phenoxy) is 1. The molecule has 2 aromatic rings. The van der Waals surface area contributed by atoms with E-state index in [0.717, 1.165) is 0 Å². The molecule has 0 fully saturated rings. The SMILES string of the molecule is CCOc1ccc(Cl)cc1/C=N\NC(=O)c1ccc(NC(C)=O)cc1. The lowest BCUT2D eigenvalue weighted by molar-refractivity contribution is -0.114. The molecule has 2 amide bonds. The van der Waals surface area contributed by atoms with Gasteiger partial charge < -0.3 is 10.1 Å². The van der Waals surface area contributed by atoms with Crippen molar-refractivity contribution in [1.29, 1.82) is 0 Å². The van der Waals surface area contributed by atoms with E-state index in [1.54, 1.807) is 42.5 Å². The lowest BCUT2D eigenvalue weighted by Gasteiger charge is -2.07. The minimum atomic E-state index is -0.370. The highest BCUT2D eigenvalue weighted by atomic mass is 35.5. The summed E-state index contributed by atoms with van der Waals surface area (Å²) in [4.78, 5) is 23.1. The van der Waals surface area contributed by atoms with E-state index in [1.807, 2.05) is 6.92 Å². The van der Waals surface area contributed by atoms with Gasteiger partial charge in [-0.1, -0.05) is 11.6 Å². The Morgan fingerprint density at radius 2 is 1.92 bits per heavy atom. The Morgan fingerprint density at radius 3 is 2.56 bits per heavy atom. The predicted molar refractivity (Wildman–Crippen MR) is 98.4 cm³/mol. The largest absolute Gasteiger partial charge is 0.493 e. The smallest absolute Gasteiger partial charge is 0.271 e. The second-order valence-electron chi connectivity index (χ2n) is 5.07. The van der Waals surface area contributed by atoms with Crippen LogP contribution in [0.5, 0.6) is 5.75 Å². The van der Waals surface area contributed by atoms with Crippen LogP contribution in [0.25, 0.3) is 0 Å². The van der Waals surface area contributed by atoms with E-state index in [4.69, 9.17) is 16.3 Å². The standard InChI is InChI=1S/C18H18ClN3O3/c1-3-25-17-9-6-15(19)10-14(17)11-20-22-18(24)13-4-7-16(8-5-13)21-12(2)23/h4-11H,3H2,1-2H3,(H,21,23)(H,22,24)/b20-11-. The van der Waals surface area contributed by atoms with E-state index in [2.05, 4.69) is 15.8 Å². The van der Waals surface area contributed by atoms with Crippen LogP contribution in [0.4, 0.5) is 5.69 Å². The maximum absolute atomic E-state index is 12.1. The average molecular weight is 360 g/mol. The monoisotopic (exact) mass is 359 g/mol. The molecule has 0 heterocycles. The molecule has 0 bridgehead atoms. The van der Waals surface area contributed by atoms with Gasteiger partial charge in [0.25, 0.3) is 5.91 Å². The van der Waals surface area contributed by atoms with E-state index < -0.39 is 0 Å². The van der Waals surface area contributed by atoms with Crippen molar-refractivity contribution in [3.8, 4) is 5.75 Å². The molecule has 0 spiro atoms. The molecule has 2 N–H and O–H groups in total. The fourth-order valence-corrected chi connectivity index (χ4v) is 2.22. The number of halogens is 1. The molecule has 25 heavy (non-hydrogen) atoms. The van der Waals surface area contributed by atoms with Gasteiger partial charge in [0.2, 0.25) is 5.91 Å². The van der Waals surface area contributed by atoms with Gasteiger partial charge in [-0.05, 0) is 49.4 Å². The second-order valence-corrected chi connectivity index (χ2v) is 5.51. The summed E-state index contributed by atoms with van der Waals surface area (Å²) < 4.78 is 5.48. The van der Waals surface area contributed by atoms with E-state index >= 15 is 0 Å². The fourth-order valence-electron chi connectivity index (χ4n) is 2.04. The third kappa shape index (κ3) is 5.61. The van der Waals surface area contributed by atoms with Crippen LogP contribution in [0.3, 0.4) is 0 Å². The molecule has 0 saturated carbocycles. The van der Waals surface area contributed by atoms with Crippen molar-refractivity contribution in [3.05, 3.63) is 58.6 Å². The van der Waals surface area contributed by atoms with Crippen molar-refractivity contribution in [2.75, 3.05) is 11.9 Å². The molecule has 0 aliphatic heterocycles. The van der Waals surface area contributed by atoms with E-state index in [-0.39, 0.29) is 11.8 Å². The molecule has 0 radical (unpaired) electrons. The number of anilines is 1. The van der Waals surface area contributed by atoms with E-state index in [1.165, 1.54) is 13.1 Å². The van der Waals surface area contributed by atoms with Gasteiger partial charge in [-0.15, -0.1) is 0 Å². The number of nitrogens with zero attached hydrogens (tertiary/aromatic N) is 1. The lowest BCUT2D eigenvalue weighted by Crippen LogP contribution is -2.17. The van der Waals surface area contributed by atoms with Crippen LogP contribution >= 0.6 is 11.6 Å². The summed E-state index contributed by atoms with van der Waals surface area (Å²) >= 11 is 5.97. The van der Waals surface area contributed by atoms with Crippen LogP contribution in [0.15, 0.2) is 47.6 Å². The topological polar surface area (TPSA) is 79.8 Å². The van der Waals surface area contributed by atoms with Crippen molar-refractivity contribution in [3.63, 3.8) is 0 Å². The Hall–Kier alpha value is -2.86. The summed E-state index contributed by atoms with van der Waals surface area (Å²) in [5.74, 6) is 0.0867. The zero-order valence-corrected chi connectivity index (χ0v) is 14.6. The Kier molecular flexibility index (Phi) is 6.54. The highest BCUT2D eigenvalue weighted by Gasteiger charge is 2.06. The van der Waals surface area contributed by atoms with Crippen LogP contribution < -0.4 is 15.5 Å². The lowest BCUT2D eigenvalue weighted by atomic mass is 10.2. The van der Waals surface area contributed by atoms with Crippen LogP contribution in [0.2, 0.25) is 5.02 Å². The Morgan fingerprint density at radius 1 is 1.20 bits per heavy atom. The van der Waals surface area contributed by atoms with Crippen LogP contribution in [0, 0.1) is 0 Å². The summed E-state index contributed by atoms with van der Waals surface area (Å²) in [6.45, 7) is 3.80. The van der Waals surface area contributed by atoms with E-state index in [0.29, 0.717) is 34.2 Å². The maximum Gasteiger partial charge on any atom is 0.271 e. The van der Waals surface area contributed by atoms with Crippen molar-refractivity contribution >= 4 is 35.3 Å². The first kappa shape index (κ1) is 18.5. The number of rotatable bonds is 6. The highest BCUT2D eigenvalue weighted by Crippen LogP contribution is 2.21. The highest BCUT2D eigenvalue weighted by molar-refractivity contribution is 6.30. The van der Waals surface area contributed by atoms with Crippen molar-refractivity contribution < 1.29 is 14.3 Å².